The lowest BCUT2D eigenvalue weighted by atomic mass is 10.2. The van der Waals surface area contributed by atoms with Crippen LogP contribution in [0.3, 0.4) is 0 Å². The lowest BCUT2D eigenvalue weighted by Gasteiger charge is -2.09. The lowest BCUT2D eigenvalue weighted by molar-refractivity contribution is -0.141. The van der Waals surface area contributed by atoms with Gasteiger partial charge < -0.3 is 10.1 Å². The molecule has 4 heteroatoms. The summed E-state index contributed by atoms with van der Waals surface area (Å²) in [6.07, 6.45) is 1.86. The Kier molecular flexibility index (Phi) is 5.46. The Hall–Kier alpha value is -1.58. The molecule has 0 saturated heterocycles. The first kappa shape index (κ1) is 13.5. The van der Waals surface area contributed by atoms with Crippen molar-refractivity contribution in [1.82, 2.24) is 0 Å². The van der Waals surface area contributed by atoms with Gasteiger partial charge in [0.1, 0.15) is 12.4 Å². The molecule has 0 aromatic heterocycles. The van der Waals surface area contributed by atoms with E-state index in [1.54, 1.807) is 6.07 Å². The molecule has 17 heavy (non-hydrogen) atoms. The normalized spacial score (nSPS) is 10.1. The van der Waals surface area contributed by atoms with Gasteiger partial charge in [0, 0.05) is 5.69 Å². The number of carbonyl (C=O) groups is 1. The fraction of sp³-hybridized carbons (Fsp3) is 0.462. The van der Waals surface area contributed by atoms with Gasteiger partial charge in [-0.05, 0) is 31.0 Å². The summed E-state index contributed by atoms with van der Waals surface area (Å²) in [4.78, 5) is 11.3. The SMILES string of the molecule is CCCCOC(=O)CNc1cc(F)ccc1C. The third-order valence-electron chi connectivity index (χ3n) is 2.38. The molecule has 0 unspecified atom stereocenters. The number of hydrogen-bond acceptors (Lipinski definition) is 3. The molecule has 0 amide bonds. The molecule has 1 aromatic rings. The smallest absolute Gasteiger partial charge is 0.325 e. The van der Waals surface area contributed by atoms with Crippen LogP contribution in [-0.2, 0) is 9.53 Å². The van der Waals surface area contributed by atoms with Crippen molar-refractivity contribution in [3.8, 4) is 0 Å². The number of halogens is 1. The second-order valence-electron chi connectivity index (χ2n) is 3.89. The summed E-state index contributed by atoms with van der Waals surface area (Å²) >= 11 is 0. The molecule has 1 aromatic carbocycles. The molecule has 0 atom stereocenters. The summed E-state index contributed by atoms with van der Waals surface area (Å²) in [5, 5.41) is 2.87. The number of ether oxygens (including phenoxy) is 1. The van der Waals surface area contributed by atoms with Crippen molar-refractivity contribution >= 4 is 11.7 Å². The van der Waals surface area contributed by atoms with Gasteiger partial charge in [-0.3, -0.25) is 4.79 Å². The van der Waals surface area contributed by atoms with E-state index in [0.717, 1.165) is 18.4 Å². The first-order valence-electron chi connectivity index (χ1n) is 5.79. The van der Waals surface area contributed by atoms with Crippen molar-refractivity contribution in [2.75, 3.05) is 18.5 Å². The van der Waals surface area contributed by atoms with Crippen LogP contribution in [0, 0.1) is 12.7 Å². The number of esters is 1. The molecule has 3 nitrogen and oxygen atoms in total. The van der Waals surface area contributed by atoms with E-state index in [1.807, 2.05) is 13.8 Å². The van der Waals surface area contributed by atoms with Gasteiger partial charge in [-0.25, -0.2) is 4.39 Å². The van der Waals surface area contributed by atoms with Crippen LogP contribution in [0.5, 0.6) is 0 Å². The predicted molar refractivity (Wildman–Crippen MR) is 65.5 cm³/mol. The molecule has 0 heterocycles. The average Bonchev–Trinajstić information content (AvgIpc) is 2.31. The summed E-state index contributed by atoms with van der Waals surface area (Å²) in [6.45, 7) is 4.39. The zero-order valence-corrected chi connectivity index (χ0v) is 10.3. The minimum Gasteiger partial charge on any atom is -0.464 e. The molecule has 1 N–H and O–H groups in total. The average molecular weight is 239 g/mol. The molecule has 94 valence electrons. The zero-order chi connectivity index (χ0) is 12.7. The molecule has 0 bridgehead atoms. The van der Waals surface area contributed by atoms with Crippen LogP contribution in [0.15, 0.2) is 18.2 Å². The Labute approximate surface area is 101 Å². The van der Waals surface area contributed by atoms with Gasteiger partial charge in [-0.15, -0.1) is 0 Å². The molecule has 0 radical (unpaired) electrons. The molecular formula is C13H18FNO2. The van der Waals surface area contributed by atoms with Crippen molar-refractivity contribution in [1.29, 1.82) is 0 Å². The van der Waals surface area contributed by atoms with E-state index in [2.05, 4.69) is 5.32 Å². The summed E-state index contributed by atoms with van der Waals surface area (Å²) in [5.41, 5.74) is 1.52. The molecule has 0 aliphatic carbocycles. The van der Waals surface area contributed by atoms with Crippen molar-refractivity contribution in [3.63, 3.8) is 0 Å². The van der Waals surface area contributed by atoms with Crippen molar-refractivity contribution in [2.24, 2.45) is 0 Å². The first-order chi connectivity index (χ1) is 8.13. The topological polar surface area (TPSA) is 38.3 Å². The maximum atomic E-state index is 13.0. The van der Waals surface area contributed by atoms with E-state index >= 15 is 0 Å². The van der Waals surface area contributed by atoms with Gasteiger partial charge >= 0.3 is 5.97 Å². The largest absolute Gasteiger partial charge is 0.464 e. The zero-order valence-electron chi connectivity index (χ0n) is 10.3. The minimum atomic E-state index is -0.322. The van der Waals surface area contributed by atoms with E-state index in [4.69, 9.17) is 4.74 Å². The predicted octanol–water partition coefficient (Wildman–Crippen LogP) is 2.89. The van der Waals surface area contributed by atoms with Gasteiger partial charge in [-0.2, -0.15) is 0 Å². The number of anilines is 1. The van der Waals surface area contributed by atoms with Crippen molar-refractivity contribution < 1.29 is 13.9 Å². The van der Waals surface area contributed by atoms with E-state index in [1.165, 1.54) is 12.1 Å². The van der Waals surface area contributed by atoms with Crippen LogP contribution in [0.25, 0.3) is 0 Å². The van der Waals surface area contributed by atoms with Crippen molar-refractivity contribution in [3.05, 3.63) is 29.6 Å². The second kappa shape index (κ2) is 6.89. The number of aryl methyl sites for hydroxylation is 1. The van der Waals surface area contributed by atoms with Crippen LogP contribution in [-0.4, -0.2) is 19.1 Å². The third kappa shape index (κ3) is 4.85. The Morgan fingerprint density at radius 2 is 2.24 bits per heavy atom. The highest BCUT2D eigenvalue weighted by atomic mass is 19.1. The van der Waals surface area contributed by atoms with Crippen molar-refractivity contribution in [2.45, 2.75) is 26.7 Å². The second-order valence-corrected chi connectivity index (χ2v) is 3.89. The Bertz CT molecular complexity index is 380. The van der Waals surface area contributed by atoms with Crippen LogP contribution >= 0.6 is 0 Å². The Morgan fingerprint density at radius 1 is 1.47 bits per heavy atom. The molecule has 0 saturated carbocycles. The molecular weight excluding hydrogens is 221 g/mol. The van der Waals surface area contributed by atoms with E-state index < -0.39 is 0 Å². The lowest BCUT2D eigenvalue weighted by Crippen LogP contribution is -2.17. The quantitative estimate of drug-likeness (QED) is 0.612. The van der Waals surface area contributed by atoms with Gasteiger partial charge in [-0.1, -0.05) is 19.4 Å². The van der Waals surface area contributed by atoms with Crippen LogP contribution in [0.2, 0.25) is 0 Å². The highest BCUT2D eigenvalue weighted by molar-refractivity contribution is 5.75. The maximum absolute atomic E-state index is 13.0. The van der Waals surface area contributed by atoms with E-state index in [-0.39, 0.29) is 18.3 Å². The van der Waals surface area contributed by atoms with Gasteiger partial charge in [0.25, 0.3) is 0 Å². The highest BCUT2D eigenvalue weighted by Gasteiger charge is 2.04. The first-order valence-corrected chi connectivity index (χ1v) is 5.79. The van der Waals surface area contributed by atoms with Crippen LogP contribution in [0.4, 0.5) is 10.1 Å². The van der Waals surface area contributed by atoms with Crippen LogP contribution in [0.1, 0.15) is 25.3 Å². The number of benzene rings is 1. The summed E-state index contributed by atoms with van der Waals surface area (Å²) < 4.78 is 17.9. The van der Waals surface area contributed by atoms with Gasteiger partial charge in [0.05, 0.1) is 6.61 Å². The summed E-state index contributed by atoms with van der Waals surface area (Å²) in [7, 11) is 0. The Morgan fingerprint density at radius 3 is 2.94 bits per heavy atom. The third-order valence-corrected chi connectivity index (χ3v) is 2.38. The van der Waals surface area contributed by atoms with Crippen LogP contribution < -0.4 is 5.32 Å². The minimum absolute atomic E-state index is 0.0635. The molecule has 0 spiro atoms. The molecule has 0 aliphatic heterocycles. The maximum Gasteiger partial charge on any atom is 0.325 e. The Balaban J connectivity index is 2.39. The van der Waals surface area contributed by atoms with E-state index in [0.29, 0.717) is 12.3 Å². The molecule has 0 aliphatic rings. The fourth-order valence-electron chi connectivity index (χ4n) is 1.33. The summed E-state index contributed by atoms with van der Waals surface area (Å²) in [6, 6.07) is 4.43. The number of carbonyl (C=O) groups excluding carboxylic acids is 1. The number of rotatable bonds is 6. The number of nitrogens with one attached hydrogen (secondary N) is 1. The van der Waals surface area contributed by atoms with E-state index in [9.17, 15) is 9.18 Å². The molecule has 0 fully saturated rings. The number of hydrogen-bond donors (Lipinski definition) is 1. The monoisotopic (exact) mass is 239 g/mol. The highest BCUT2D eigenvalue weighted by Crippen LogP contribution is 2.15. The van der Waals surface area contributed by atoms with Gasteiger partial charge in [0.15, 0.2) is 0 Å². The fourth-order valence-corrected chi connectivity index (χ4v) is 1.33. The number of unbranched alkanes of at least 4 members (excludes halogenated alkanes) is 1. The van der Waals surface area contributed by atoms with Gasteiger partial charge in [0.2, 0.25) is 0 Å². The standard InChI is InChI=1S/C13H18FNO2/c1-3-4-7-17-13(16)9-15-12-8-11(14)6-5-10(12)2/h5-6,8,15H,3-4,7,9H2,1-2H3. The molecule has 1 rings (SSSR count). The summed E-state index contributed by atoms with van der Waals surface area (Å²) in [5.74, 6) is -0.639.